The highest BCUT2D eigenvalue weighted by molar-refractivity contribution is 7.26. The van der Waals surface area contributed by atoms with Gasteiger partial charge in [-0.25, -0.2) is 15.0 Å². The molecule has 0 saturated carbocycles. The zero-order valence-electron chi connectivity index (χ0n) is 65.6. The Morgan fingerprint density at radius 2 is 0.467 bits per heavy atom. The van der Waals surface area contributed by atoms with E-state index >= 15 is 0 Å². The zero-order valence-corrected chi connectivity index (χ0v) is 68.0. The van der Waals surface area contributed by atoms with Crippen LogP contribution in [0.15, 0.2) is 310 Å². The SMILES string of the molecule is C.C.C.CC1(C)OB(c2ccc3sc4ccc(B5OC(C)(C)C(C)(C)O5)cc4c3c2)OC1(C)C.Clc1ccc(-c2cnc3c4ccccc4c4ccccc4c3n2)cc1.c1ccc2c(c1)c1ccccc1c1nc(-c3ccc(-c4ccc5sc6ccc(-c7ccc(-c8cnc9c%10ccccc%10c%10ccccc%10c9n8)cc7)cc6c5c4)cc3)cnc21. The second kappa shape index (κ2) is 30.6. The molecule has 0 amide bonds. The molecule has 586 valence electrons. The summed E-state index contributed by atoms with van der Waals surface area (Å²) in [4.78, 5) is 30.1. The summed E-state index contributed by atoms with van der Waals surface area (Å²) in [5, 5.41) is 19.6. The molecule has 23 rings (SSSR count). The van der Waals surface area contributed by atoms with Gasteiger partial charge in [0.15, 0.2) is 0 Å². The number of aromatic nitrogens is 6. The van der Waals surface area contributed by atoms with Crippen molar-refractivity contribution in [1.82, 2.24) is 29.9 Å². The predicted octanol–water partition coefficient (Wildman–Crippen LogP) is 28.0. The van der Waals surface area contributed by atoms with Gasteiger partial charge in [0.2, 0.25) is 0 Å². The van der Waals surface area contributed by atoms with E-state index in [0.29, 0.717) is 5.02 Å². The lowest BCUT2D eigenvalue weighted by Crippen LogP contribution is -2.41. The van der Waals surface area contributed by atoms with E-state index in [2.05, 4.69) is 310 Å². The summed E-state index contributed by atoms with van der Waals surface area (Å²) in [6, 6.07) is 103. The largest absolute Gasteiger partial charge is 0.494 e. The topological polar surface area (TPSA) is 114 Å². The molecule has 0 radical (unpaired) electrons. The molecule has 120 heavy (non-hydrogen) atoms. The molecular weight excluding hydrogens is 1530 g/mol. The number of fused-ring (bicyclic) bond motifs is 24. The number of nitrogens with zero attached hydrogens (tertiary/aromatic N) is 6. The number of benzene rings is 16. The van der Waals surface area contributed by atoms with Crippen molar-refractivity contribution in [2.24, 2.45) is 0 Å². The summed E-state index contributed by atoms with van der Waals surface area (Å²) in [5.74, 6) is 0. The Bertz CT molecular complexity index is 7160. The average molecular weight is 1620 g/mol. The van der Waals surface area contributed by atoms with Crippen molar-refractivity contribution >= 4 is 198 Å². The summed E-state index contributed by atoms with van der Waals surface area (Å²) >= 11 is 9.64. The minimum absolute atomic E-state index is 0. The molecule has 2 aliphatic heterocycles. The maximum absolute atomic E-state index is 6.28. The number of rotatable bonds is 7. The van der Waals surface area contributed by atoms with Crippen molar-refractivity contribution in [2.45, 2.75) is 100 Å². The molecule has 5 aromatic heterocycles. The number of hydrogen-bond acceptors (Lipinski definition) is 12. The van der Waals surface area contributed by atoms with Gasteiger partial charge < -0.3 is 18.6 Å². The highest BCUT2D eigenvalue weighted by atomic mass is 35.5. The average Bonchev–Trinajstić information content (AvgIpc) is 1.02. The highest BCUT2D eigenvalue weighted by Crippen LogP contribution is 2.45. The summed E-state index contributed by atoms with van der Waals surface area (Å²) in [6.07, 6.45) is 5.66. The fourth-order valence-corrected chi connectivity index (χ4v) is 19.0. The molecular formula is C105H87B2ClN6O4S2. The molecule has 0 unspecified atom stereocenters. The van der Waals surface area contributed by atoms with Gasteiger partial charge in [-0.2, -0.15) is 0 Å². The van der Waals surface area contributed by atoms with Crippen molar-refractivity contribution in [1.29, 1.82) is 0 Å². The fraction of sp³-hybridized carbons (Fsp3) is 0.143. The van der Waals surface area contributed by atoms with Crippen LogP contribution in [0.2, 0.25) is 5.02 Å². The first-order chi connectivity index (χ1) is 56.8. The third kappa shape index (κ3) is 13.6. The molecule has 7 heterocycles. The minimum Gasteiger partial charge on any atom is -0.399 e. The Morgan fingerprint density at radius 3 is 0.750 bits per heavy atom. The quantitative estimate of drug-likeness (QED) is 0.113. The molecule has 2 saturated heterocycles. The van der Waals surface area contributed by atoms with Crippen LogP contribution in [0.3, 0.4) is 0 Å². The van der Waals surface area contributed by atoms with Gasteiger partial charge in [0.05, 0.1) is 91.2 Å². The van der Waals surface area contributed by atoms with Crippen LogP contribution in [-0.2, 0) is 18.6 Å². The lowest BCUT2D eigenvalue weighted by Gasteiger charge is -2.32. The summed E-state index contributed by atoms with van der Waals surface area (Å²) in [7, 11) is -0.730. The van der Waals surface area contributed by atoms with Crippen LogP contribution in [0, 0.1) is 0 Å². The summed E-state index contributed by atoms with van der Waals surface area (Å²) in [5.41, 5.74) is 16.7. The highest BCUT2D eigenvalue weighted by Gasteiger charge is 2.53. The van der Waals surface area contributed by atoms with Crippen LogP contribution in [-0.4, -0.2) is 66.5 Å². The van der Waals surface area contributed by atoms with Crippen molar-refractivity contribution < 1.29 is 18.6 Å². The monoisotopic (exact) mass is 1620 g/mol. The van der Waals surface area contributed by atoms with Gasteiger partial charge in [0, 0.05) is 83.6 Å². The normalized spacial score (nSPS) is 14.6. The van der Waals surface area contributed by atoms with Crippen LogP contribution in [0.25, 0.3) is 194 Å². The van der Waals surface area contributed by atoms with E-state index in [4.69, 9.17) is 60.1 Å². The first kappa shape index (κ1) is 78.9. The van der Waals surface area contributed by atoms with E-state index in [1.54, 1.807) is 11.3 Å². The fourth-order valence-electron chi connectivity index (χ4n) is 16.8. The zero-order chi connectivity index (χ0) is 79.2. The second-order valence-electron chi connectivity index (χ2n) is 32.6. The van der Waals surface area contributed by atoms with Gasteiger partial charge >= 0.3 is 14.2 Å². The Hall–Kier alpha value is -12.2. The first-order valence-electron chi connectivity index (χ1n) is 39.6. The van der Waals surface area contributed by atoms with E-state index in [1.165, 1.54) is 94.9 Å². The van der Waals surface area contributed by atoms with Gasteiger partial charge in [0.1, 0.15) is 0 Å². The van der Waals surface area contributed by atoms with Crippen LogP contribution in [0.1, 0.15) is 77.7 Å². The number of hydrogen-bond donors (Lipinski definition) is 0. The van der Waals surface area contributed by atoms with E-state index in [1.807, 2.05) is 66.3 Å². The molecule has 15 heteroatoms. The van der Waals surface area contributed by atoms with E-state index < -0.39 is 0 Å². The smallest absolute Gasteiger partial charge is 0.399 e. The van der Waals surface area contributed by atoms with E-state index in [9.17, 15) is 0 Å². The van der Waals surface area contributed by atoms with E-state index in [-0.39, 0.29) is 58.9 Å². The third-order valence-corrected chi connectivity index (χ3v) is 27.0. The molecule has 2 aliphatic rings. The van der Waals surface area contributed by atoms with Gasteiger partial charge in [-0.1, -0.05) is 277 Å². The molecule has 21 aromatic rings. The number of thiophene rings is 2. The van der Waals surface area contributed by atoms with Gasteiger partial charge in [-0.3, -0.25) is 15.0 Å². The molecule has 0 aliphatic carbocycles. The predicted molar refractivity (Wildman–Crippen MR) is 513 cm³/mol. The van der Waals surface area contributed by atoms with Crippen LogP contribution >= 0.6 is 34.3 Å². The van der Waals surface area contributed by atoms with Crippen LogP contribution < -0.4 is 10.9 Å². The summed E-state index contributed by atoms with van der Waals surface area (Å²) < 4.78 is 30.2. The lowest BCUT2D eigenvalue weighted by atomic mass is 9.77. The minimum atomic E-state index is -0.365. The third-order valence-electron chi connectivity index (χ3n) is 24.5. The molecule has 0 spiro atoms. The Morgan fingerprint density at radius 1 is 0.242 bits per heavy atom. The Kier molecular flexibility index (Phi) is 20.1. The molecule has 16 aromatic carbocycles. The van der Waals surface area contributed by atoms with E-state index in [0.717, 1.165) is 110 Å². The second-order valence-corrected chi connectivity index (χ2v) is 35.2. The van der Waals surface area contributed by atoms with Crippen LogP contribution in [0.5, 0.6) is 0 Å². The molecule has 10 nitrogen and oxygen atoms in total. The standard InChI is InChI=1S/C56H32N4S.C24H30B2O4S.C22H13ClN2.3CH4/c1-5-13-43-39(9-1)41-11-3-7-15-45(41)55-53(43)57-31-49(59-55)35-21-17-33(18-22-35)37-25-27-51-47(29-37)48-30-38(26-28-52(48)61-51)34-19-23-36(24-20-34)50-32-58-54-44-14-6-2-10-40(44)42-12-4-8-16-46(42)56(54)60-50;1-21(2)22(3,4)28-25(27-21)15-9-11-19-17(13-15)18-14-16(10-12-20(18)31-19)26-29-23(5,6)24(7,8)30-26;23-15-11-9-14(10-12-15)20-13-24-21-18-7-3-1-5-16(18)17-6-2-4-8-19(17)22(21)25-20;;;/h1-32H;9-14H,1-8H3;1-13H;3*1H4. The van der Waals surface area contributed by atoms with Crippen LogP contribution in [0.4, 0.5) is 0 Å². The molecule has 0 N–H and O–H groups in total. The van der Waals surface area contributed by atoms with Crippen molar-refractivity contribution in [2.75, 3.05) is 0 Å². The molecule has 0 atom stereocenters. The maximum atomic E-state index is 6.28. The first-order valence-corrected chi connectivity index (χ1v) is 41.6. The number of halogens is 1. The van der Waals surface area contributed by atoms with Crippen molar-refractivity contribution in [3.63, 3.8) is 0 Å². The van der Waals surface area contributed by atoms with Gasteiger partial charge in [0.25, 0.3) is 0 Å². The van der Waals surface area contributed by atoms with Crippen molar-refractivity contribution in [3.05, 3.63) is 315 Å². The molecule has 2 fully saturated rings. The maximum Gasteiger partial charge on any atom is 0.494 e. The Labute approximate surface area is 711 Å². The van der Waals surface area contributed by atoms with Gasteiger partial charge in [-0.15, -0.1) is 22.7 Å². The summed E-state index contributed by atoms with van der Waals surface area (Å²) in [6.45, 7) is 16.7. The molecule has 0 bridgehead atoms. The van der Waals surface area contributed by atoms with Gasteiger partial charge in [-0.05, 0) is 180 Å². The Balaban J connectivity index is 0.000000140. The lowest BCUT2D eigenvalue weighted by molar-refractivity contribution is 0.00578. The van der Waals surface area contributed by atoms with Crippen molar-refractivity contribution in [3.8, 4) is 56.0 Å².